The van der Waals surface area contributed by atoms with Gasteiger partial charge in [-0.1, -0.05) is 12.1 Å². The number of hydrogen-bond acceptors (Lipinski definition) is 2. The second kappa shape index (κ2) is 5.49. The molecule has 20 heavy (non-hydrogen) atoms. The number of nitrogens with zero attached hydrogens (tertiary/aromatic N) is 2. The molecule has 2 aliphatic heterocycles. The van der Waals surface area contributed by atoms with Crippen LogP contribution in [0.1, 0.15) is 29.6 Å². The highest BCUT2D eigenvalue weighted by Crippen LogP contribution is 2.40. The number of piperidine rings is 1. The highest BCUT2D eigenvalue weighted by molar-refractivity contribution is 9.10. The number of amides is 1. The Balaban J connectivity index is 1.71. The van der Waals surface area contributed by atoms with Gasteiger partial charge in [0.15, 0.2) is 0 Å². The summed E-state index contributed by atoms with van der Waals surface area (Å²) in [4.78, 5) is 17.1. The molecule has 4 heteroatoms. The summed E-state index contributed by atoms with van der Waals surface area (Å²) in [5.74, 6) is 0.174. The van der Waals surface area contributed by atoms with Crippen LogP contribution in [0.25, 0.3) is 0 Å². The monoisotopic (exact) mass is 336 g/mol. The summed E-state index contributed by atoms with van der Waals surface area (Å²) >= 11 is 3.49. The van der Waals surface area contributed by atoms with Crippen LogP contribution in [0.15, 0.2) is 28.7 Å². The summed E-state index contributed by atoms with van der Waals surface area (Å²) in [6, 6.07) is 7.73. The summed E-state index contributed by atoms with van der Waals surface area (Å²) in [6.45, 7) is 4.17. The molecular weight excluding hydrogens is 316 g/mol. The molecule has 0 atom stereocenters. The fourth-order valence-electron chi connectivity index (χ4n) is 3.41. The zero-order valence-electron chi connectivity index (χ0n) is 11.9. The van der Waals surface area contributed by atoms with Crippen molar-refractivity contribution in [2.75, 3.05) is 33.2 Å². The van der Waals surface area contributed by atoms with E-state index in [9.17, 15) is 4.79 Å². The van der Waals surface area contributed by atoms with Crippen molar-refractivity contribution in [2.24, 2.45) is 5.41 Å². The summed E-state index contributed by atoms with van der Waals surface area (Å²) in [7, 11) is 2.19. The Hall–Kier alpha value is -0.870. The molecule has 0 saturated carbocycles. The van der Waals surface area contributed by atoms with Crippen molar-refractivity contribution < 1.29 is 4.79 Å². The Morgan fingerprint density at radius 2 is 1.80 bits per heavy atom. The van der Waals surface area contributed by atoms with E-state index in [1.54, 1.807) is 0 Å². The lowest BCUT2D eigenvalue weighted by atomic mass is 9.78. The number of likely N-dealkylation sites (tertiary alicyclic amines) is 2. The van der Waals surface area contributed by atoms with E-state index in [1.165, 1.54) is 12.8 Å². The Morgan fingerprint density at radius 3 is 2.50 bits per heavy atom. The third-order valence-corrected chi connectivity index (χ3v) is 5.57. The van der Waals surface area contributed by atoms with Crippen LogP contribution in [0, 0.1) is 5.41 Å². The highest BCUT2D eigenvalue weighted by Gasteiger charge is 2.41. The van der Waals surface area contributed by atoms with Gasteiger partial charge in [-0.3, -0.25) is 4.79 Å². The van der Waals surface area contributed by atoms with Gasteiger partial charge in [0.05, 0.1) is 5.56 Å². The van der Waals surface area contributed by atoms with Gasteiger partial charge in [0.1, 0.15) is 0 Å². The third kappa shape index (κ3) is 2.63. The third-order valence-electron chi connectivity index (χ3n) is 4.88. The molecule has 1 spiro atoms. The number of rotatable bonds is 1. The van der Waals surface area contributed by atoms with Crippen molar-refractivity contribution in [1.82, 2.24) is 9.80 Å². The zero-order chi connectivity index (χ0) is 14.2. The van der Waals surface area contributed by atoms with Gasteiger partial charge in [0.25, 0.3) is 5.91 Å². The molecule has 1 amide bonds. The molecule has 2 fully saturated rings. The molecule has 2 heterocycles. The highest BCUT2D eigenvalue weighted by atomic mass is 79.9. The van der Waals surface area contributed by atoms with Crippen LogP contribution in [0.3, 0.4) is 0 Å². The summed E-state index contributed by atoms with van der Waals surface area (Å²) in [5.41, 5.74) is 1.17. The Bertz CT molecular complexity index is 509. The van der Waals surface area contributed by atoms with Crippen LogP contribution in [-0.2, 0) is 0 Å². The van der Waals surface area contributed by atoms with Gasteiger partial charge < -0.3 is 9.80 Å². The molecule has 1 aromatic carbocycles. The van der Waals surface area contributed by atoms with E-state index in [0.29, 0.717) is 5.41 Å². The maximum Gasteiger partial charge on any atom is 0.255 e. The minimum atomic E-state index is 0.174. The van der Waals surface area contributed by atoms with E-state index in [0.717, 1.165) is 42.6 Å². The lowest BCUT2D eigenvalue weighted by Gasteiger charge is -2.37. The molecule has 3 nitrogen and oxygen atoms in total. The Morgan fingerprint density at radius 1 is 1.15 bits per heavy atom. The van der Waals surface area contributed by atoms with Gasteiger partial charge in [-0.15, -0.1) is 0 Å². The van der Waals surface area contributed by atoms with Crippen molar-refractivity contribution in [3.8, 4) is 0 Å². The summed E-state index contributed by atoms with van der Waals surface area (Å²) in [5, 5.41) is 0. The minimum Gasteiger partial charge on any atom is -0.338 e. The van der Waals surface area contributed by atoms with Crippen molar-refractivity contribution >= 4 is 21.8 Å². The molecule has 1 aromatic rings. The van der Waals surface area contributed by atoms with Gasteiger partial charge in [0.2, 0.25) is 0 Å². The molecule has 2 saturated heterocycles. The lowest BCUT2D eigenvalue weighted by molar-refractivity contribution is 0.0736. The van der Waals surface area contributed by atoms with Crippen LogP contribution < -0.4 is 0 Å². The SMILES string of the molecule is CN1CCC2(CC1)CCN(C(=O)c1ccccc1Br)C2. The van der Waals surface area contributed by atoms with E-state index in [2.05, 4.69) is 27.9 Å². The zero-order valence-corrected chi connectivity index (χ0v) is 13.5. The first-order chi connectivity index (χ1) is 9.60. The number of halogens is 1. The quantitative estimate of drug-likeness (QED) is 0.787. The van der Waals surface area contributed by atoms with Gasteiger partial charge in [-0.05, 0) is 72.9 Å². The summed E-state index contributed by atoms with van der Waals surface area (Å²) in [6.07, 6.45) is 3.61. The van der Waals surface area contributed by atoms with Crippen molar-refractivity contribution in [2.45, 2.75) is 19.3 Å². The number of carbonyl (C=O) groups excluding carboxylic acids is 1. The van der Waals surface area contributed by atoms with Crippen LogP contribution in [0.4, 0.5) is 0 Å². The molecule has 2 aliphatic rings. The van der Waals surface area contributed by atoms with E-state index in [1.807, 2.05) is 29.2 Å². The molecule has 0 aliphatic carbocycles. The Kier molecular flexibility index (Phi) is 3.87. The van der Waals surface area contributed by atoms with Gasteiger partial charge in [-0.2, -0.15) is 0 Å². The van der Waals surface area contributed by atoms with Crippen LogP contribution in [0.2, 0.25) is 0 Å². The number of hydrogen-bond donors (Lipinski definition) is 0. The van der Waals surface area contributed by atoms with Crippen molar-refractivity contribution in [3.05, 3.63) is 34.3 Å². The smallest absolute Gasteiger partial charge is 0.255 e. The first-order valence-corrected chi connectivity index (χ1v) is 8.11. The fourth-order valence-corrected chi connectivity index (χ4v) is 3.87. The maximum atomic E-state index is 12.6. The molecule has 0 radical (unpaired) electrons. The largest absolute Gasteiger partial charge is 0.338 e. The molecule has 108 valence electrons. The molecule has 0 bridgehead atoms. The second-order valence-corrected chi connectivity index (χ2v) is 7.11. The predicted octanol–water partition coefficient (Wildman–Crippen LogP) is 3.01. The van der Waals surface area contributed by atoms with E-state index in [-0.39, 0.29) is 5.91 Å². The average Bonchev–Trinajstić information content (AvgIpc) is 2.87. The van der Waals surface area contributed by atoms with E-state index >= 15 is 0 Å². The normalized spacial score (nSPS) is 22.4. The van der Waals surface area contributed by atoms with Gasteiger partial charge >= 0.3 is 0 Å². The van der Waals surface area contributed by atoms with Crippen molar-refractivity contribution in [1.29, 1.82) is 0 Å². The minimum absolute atomic E-state index is 0.174. The molecule has 3 rings (SSSR count). The molecule has 0 unspecified atom stereocenters. The van der Waals surface area contributed by atoms with Gasteiger partial charge in [0, 0.05) is 17.6 Å². The number of carbonyl (C=O) groups is 1. The lowest BCUT2D eigenvalue weighted by Crippen LogP contribution is -2.40. The van der Waals surface area contributed by atoms with Gasteiger partial charge in [-0.25, -0.2) is 0 Å². The average molecular weight is 337 g/mol. The summed E-state index contributed by atoms with van der Waals surface area (Å²) < 4.78 is 0.898. The second-order valence-electron chi connectivity index (χ2n) is 6.26. The number of benzene rings is 1. The van der Waals surface area contributed by atoms with E-state index < -0.39 is 0 Å². The Labute approximate surface area is 129 Å². The van der Waals surface area contributed by atoms with Crippen LogP contribution >= 0.6 is 15.9 Å². The maximum absolute atomic E-state index is 12.6. The first-order valence-electron chi connectivity index (χ1n) is 7.32. The molecule has 0 N–H and O–H groups in total. The standard InChI is InChI=1S/C16H21BrN2O/c1-18-9-6-16(7-10-18)8-11-19(12-16)15(20)13-4-2-3-5-14(13)17/h2-5H,6-12H2,1H3. The first kappa shape index (κ1) is 14.1. The molecule has 0 aromatic heterocycles. The van der Waals surface area contributed by atoms with E-state index in [4.69, 9.17) is 0 Å². The van der Waals surface area contributed by atoms with Crippen molar-refractivity contribution in [3.63, 3.8) is 0 Å². The fraction of sp³-hybridized carbons (Fsp3) is 0.562. The van der Waals surface area contributed by atoms with Crippen LogP contribution in [0.5, 0.6) is 0 Å². The topological polar surface area (TPSA) is 23.6 Å². The molecular formula is C16H21BrN2O. The predicted molar refractivity (Wildman–Crippen MR) is 83.8 cm³/mol. The van der Waals surface area contributed by atoms with Crippen LogP contribution in [-0.4, -0.2) is 48.9 Å².